The van der Waals surface area contributed by atoms with Gasteiger partial charge in [0.25, 0.3) is 0 Å². The molecule has 0 bridgehead atoms. The van der Waals surface area contributed by atoms with E-state index in [1.165, 1.54) is 26.0 Å². The number of benzene rings is 2. The van der Waals surface area contributed by atoms with Gasteiger partial charge in [-0.3, -0.25) is 13.8 Å². The van der Waals surface area contributed by atoms with Gasteiger partial charge in [0, 0.05) is 14.2 Å². The summed E-state index contributed by atoms with van der Waals surface area (Å²) in [4.78, 5) is 12.1. The molecule has 0 aliphatic heterocycles. The average Bonchev–Trinajstić information content (AvgIpc) is 2.69. The van der Waals surface area contributed by atoms with Gasteiger partial charge in [-0.15, -0.1) is 0 Å². The van der Waals surface area contributed by atoms with E-state index < -0.39 is 19.6 Å². The first-order valence-electron chi connectivity index (χ1n) is 7.93. The summed E-state index contributed by atoms with van der Waals surface area (Å²) in [5, 5.41) is 0.495. The molecule has 9 heteroatoms. The SMILES string of the molecule is COC(=O)C(C)c1ccccc1N(c1c(Cl)cccc1Cl)P(=O)(OC)OC. The summed E-state index contributed by atoms with van der Waals surface area (Å²) in [5.41, 5.74) is 1.20. The lowest BCUT2D eigenvalue weighted by molar-refractivity contribution is -0.141. The Hall–Kier alpha value is -1.56. The number of rotatable bonds is 7. The fourth-order valence-electron chi connectivity index (χ4n) is 2.65. The molecule has 2 aromatic rings. The van der Waals surface area contributed by atoms with Crippen molar-refractivity contribution in [1.82, 2.24) is 0 Å². The Kier molecular flexibility index (Phi) is 7.32. The minimum Gasteiger partial charge on any atom is -0.469 e. The first-order chi connectivity index (χ1) is 12.8. The molecule has 1 unspecified atom stereocenters. The Morgan fingerprint density at radius 3 is 2.07 bits per heavy atom. The van der Waals surface area contributed by atoms with E-state index in [1.54, 1.807) is 49.4 Å². The van der Waals surface area contributed by atoms with E-state index in [9.17, 15) is 9.36 Å². The number of carbonyl (C=O) groups excluding carboxylic acids is 1. The van der Waals surface area contributed by atoms with Crippen LogP contribution >= 0.6 is 30.9 Å². The van der Waals surface area contributed by atoms with Crippen LogP contribution in [0.25, 0.3) is 0 Å². The highest BCUT2D eigenvalue weighted by molar-refractivity contribution is 7.56. The van der Waals surface area contributed by atoms with Gasteiger partial charge in [-0.1, -0.05) is 47.5 Å². The molecule has 0 radical (unpaired) electrons. The van der Waals surface area contributed by atoms with Crippen molar-refractivity contribution >= 4 is 48.3 Å². The van der Waals surface area contributed by atoms with E-state index in [2.05, 4.69) is 0 Å². The van der Waals surface area contributed by atoms with Gasteiger partial charge in [-0.2, -0.15) is 0 Å². The van der Waals surface area contributed by atoms with Crippen LogP contribution < -0.4 is 4.67 Å². The lowest BCUT2D eigenvalue weighted by Gasteiger charge is -2.33. The minimum absolute atomic E-state index is 0.248. The molecule has 0 heterocycles. The van der Waals surface area contributed by atoms with Crippen LogP contribution in [-0.2, 0) is 23.1 Å². The van der Waals surface area contributed by atoms with Crippen molar-refractivity contribution in [3.63, 3.8) is 0 Å². The normalized spacial score (nSPS) is 12.5. The van der Waals surface area contributed by atoms with Crippen molar-refractivity contribution in [2.75, 3.05) is 26.0 Å². The highest BCUT2D eigenvalue weighted by Gasteiger charge is 2.38. The number of para-hydroxylation sites is 2. The van der Waals surface area contributed by atoms with Gasteiger partial charge in [0.2, 0.25) is 0 Å². The number of halogens is 2. The number of methoxy groups -OCH3 is 1. The van der Waals surface area contributed by atoms with Crippen LogP contribution in [0, 0.1) is 0 Å². The molecule has 0 aliphatic rings. The number of carbonyl (C=O) groups is 1. The van der Waals surface area contributed by atoms with Gasteiger partial charge in [0.05, 0.1) is 34.4 Å². The van der Waals surface area contributed by atoms with Gasteiger partial charge < -0.3 is 4.74 Å². The summed E-state index contributed by atoms with van der Waals surface area (Å²) >= 11 is 12.7. The van der Waals surface area contributed by atoms with E-state index in [-0.39, 0.29) is 15.7 Å². The molecular weight excluding hydrogens is 412 g/mol. The van der Waals surface area contributed by atoms with Crippen molar-refractivity contribution in [2.45, 2.75) is 12.8 Å². The van der Waals surface area contributed by atoms with E-state index in [4.69, 9.17) is 37.0 Å². The van der Waals surface area contributed by atoms with Crippen LogP contribution in [0.2, 0.25) is 10.0 Å². The number of ether oxygens (including phenoxy) is 1. The van der Waals surface area contributed by atoms with Gasteiger partial charge in [-0.25, -0.2) is 9.24 Å². The quantitative estimate of drug-likeness (QED) is 0.407. The maximum atomic E-state index is 13.4. The molecule has 0 aromatic heterocycles. The second-order valence-corrected chi connectivity index (χ2v) is 8.40. The number of hydrogen-bond donors (Lipinski definition) is 0. The first-order valence-corrected chi connectivity index (χ1v) is 10.2. The smallest absolute Gasteiger partial charge is 0.439 e. The third kappa shape index (κ3) is 4.31. The summed E-state index contributed by atoms with van der Waals surface area (Å²) in [6, 6.07) is 11.8. The molecule has 0 aliphatic carbocycles. The van der Waals surface area contributed by atoms with Crippen molar-refractivity contribution in [2.24, 2.45) is 0 Å². The fraction of sp³-hybridized carbons (Fsp3) is 0.278. The van der Waals surface area contributed by atoms with Gasteiger partial charge >= 0.3 is 13.7 Å². The molecule has 0 saturated carbocycles. The molecule has 6 nitrogen and oxygen atoms in total. The predicted molar refractivity (Wildman–Crippen MR) is 107 cm³/mol. The Morgan fingerprint density at radius 2 is 1.56 bits per heavy atom. The lowest BCUT2D eigenvalue weighted by Crippen LogP contribution is -2.20. The number of hydrogen-bond acceptors (Lipinski definition) is 5. The monoisotopic (exact) mass is 431 g/mol. The van der Waals surface area contributed by atoms with Crippen molar-refractivity contribution in [1.29, 1.82) is 0 Å². The molecule has 0 spiro atoms. The van der Waals surface area contributed by atoms with Gasteiger partial charge in [0.15, 0.2) is 0 Å². The van der Waals surface area contributed by atoms with E-state index in [1.807, 2.05) is 0 Å². The number of anilines is 2. The molecular formula is C18H20Cl2NO5P. The zero-order chi connectivity index (χ0) is 20.2. The Morgan fingerprint density at radius 1 is 1.00 bits per heavy atom. The predicted octanol–water partition coefficient (Wildman–Crippen LogP) is 5.81. The van der Waals surface area contributed by atoms with Crippen LogP contribution in [0.3, 0.4) is 0 Å². The molecule has 27 heavy (non-hydrogen) atoms. The highest BCUT2D eigenvalue weighted by Crippen LogP contribution is 2.60. The second kappa shape index (κ2) is 9.09. The molecule has 2 aromatic carbocycles. The molecule has 0 N–H and O–H groups in total. The molecule has 0 saturated heterocycles. The van der Waals surface area contributed by atoms with E-state index in [0.717, 1.165) is 0 Å². The number of nitrogens with zero attached hydrogens (tertiary/aromatic N) is 1. The van der Waals surface area contributed by atoms with E-state index >= 15 is 0 Å². The zero-order valence-electron chi connectivity index (χ0n) is 15.3. The Bertz CT molecular complexity index is 848. The molecule has 0 fully saturated rings. The molecule has 146 valence electrons. The molecule has 1 atom stereocenters. The van der Waals surface area contributed by atoms with Crippen LogP contribution in [0.5, 0.6) is 0 Å². The Balaban J connectivity index is 2.82. The average molecular weight is 432 g/mol. The Labute approximate surface area is 168 Å². The van der Waals surface area contributed by atoms with Crippen LogP contribution in [0.1, 0.15) is 18.4 Å². The summed E-state index contributed by atoms with van der Waals surface area (Å²) < 4.78 is 30.0. The first kappa shape index (κ1) is 21.7. The standard InChI is InChI=1S/C18H20Cl2NO5P/c1-12(18(22)24-2)13-8-5-6-11-16(13)21(27(23,25-3)26-4)17-14(19)9-7-10-15(17)20/h5-12H,1-4H3. The summed E-state index contributed by atoms with van der Waals surface area (Å²) in [6.45, 7) is 1.68. The summed E-state index contributed by atoms with van der Waals surface area (Å²) in [7, 11) is -0.0605. The van der Waals surface area contributed by atoms with E-state index in [0.29, 0.717) is 11.3 Å². The minimum atomic E-state index is -3.88. The number of esters is 1. The third-order valence-electron chi connectivity index (χ3n) is 4.04. The molecule has 0 amide bonds. The topological polar surface area (TPSA) is 65.1 Å². The summed E-state index contributed by atoms with van der Waals surface area (Å²) in [5.74, 6) is -1.09. The third-order valence-corrected chi connectivity index (χ3v) is 6.48. The van der Waals surface area contributed by atoms with Gasteiger partial charge in [0.1, 0.15) is 0 Å². The largest absolute Gasteiger partial charge is 0.469 e. The fourth-order valence-corrected chi connectivity index (χ4v) is 4.72. The van der Waals surface area contributed by atoms with Gasteiger partial charge in [-0.05, 0) is 30.7 Å². The molecule has 2 rings (SSSR count). The van der Waals surface area contributed by atoms with Crippen molar-refractivity contribution in [3.8, 4) is 0 Å². The maximum absolute atomic E-state index is 13.4. The highest BCUT2D eigenvalue weighted by atomic mass is 35.5. The summed E-state index contributed by atoms with van der Waals surface area (Å²) in [6.07, 6.45) is 0. The van der Waals surface area contributed by atoms with Crippen molar-refractivity contribution in [3.05, 3.63) is 58.1 Å². The second-order valence-electron chi connectivity index (χ2n) is 5.52. The van der Waals surface area contributed by atoms with Crippen LogP contribution in [0.15, 0.2) is 42.5 Å². The van der Waals surface area contributed by atoms with Crippen LogP contribution in [-0.4, -0.2) is 27.3 Å². The van der Waals surface area contributed by atoms with Crippen LogP contribution in [0.4, 0.5) is 11.4 Å². The lowest BCUT2D eigenvalue weighted by atomic mass is 9.99. The zero-order valence-corrected chi connectivity index (χ0v) is 17.7. The van der Waals surface area contributed by atoms with Crippen molar-refractivity contribution < 1.29 is 23.1 Å². The maximum Gasteiger partial charge on any atom is 0.439 e.